The van der Waals surface area contributed by atoms with Gasteiger partial charge in [-0.2, -0.15) is 0 Å². The summed E-state index contributed by atoms with van der Waals surface area (Å²) >= 11 is 0. The fraction of sp³-hybridized carbons (Fsp3) is 0.474. The lowest BCUT2D eigenvalue weighted by molar-refractivity contribution is 0.393. The van der Waals surface area contributed by atoms with Crippen molar-refractivity contribution >= 4 is 26.6 Å². The first-order valence-electron chi connectivity index (χ1n) is 9.08. The van der Waals surface area contributed by atoms with Crippen molar-refractivity contribution in [3.63, 3.8) is 0 Å². The summed E-state index contributed by atoms with van der Waals surface area (Å²) < 4.78 is 35.1. The Hall–Kier alpha value is -2.35. The predicted molar refractivity (Wildman–Crippen MR) is 104 cm³/mol. The first-order valence-corrected chi connectivity index (χ1v) is 10.9. The molecule has 0 unspecified atom stereocenters. The Balaban J connectivity index is 1.89. The number of pyridine rings is 1. The standard InChI is InChI=1S/C19H23N3O4S/c1-11(2)16-10-14-9-15(17-12(3)21-26-13(17)4)20-19(18(14)25-16)22-5-7-27(23,24)8-6-22/h9-11H,5-8H2,1-4H3. The fourth-order valence-electron chi connectivity index (χ4n) is 3.45. The first kappa shape index (κ1) is 18.0. The lowest BCUT2D eigenvalue weighted by Crippen LogP contribution is -2.40. The molecule has 0 N–H and O–H groups in total. The summed E-state index contributed by atoms with van der Waals surface area (Å²) in [6, 6.07) is 4.02. The van der Waals surface area contributed by atoms with E-state index in [2.05, 4.69) is 19.0 Å². The normalized spacial score (nSPS) is 17.1. The zero-order chi connectivity index (χ0) is 19.3. The van der Waals surface area contributed by atoms with Gasteiger partial charge in [-0.25, -0.2) is 13.4 Å². The Kier molecular flexibility index (Phi) is 4.25. The van der Waals surface area contributed by atoms with E-state index in [1.54, 1.807) is 0 Å². The van der Waals surface area contributed by atoms with E-state index in [-0.39, 0.29) is 17.4 Å². The number of sulfone groups is 1. The SMILES string of the molecule is Cc1noc(C)c1-c1cc2cc(C(C)C)oc2c(N2CCS(=O)(=O)CC2)n1. The van der Waals surface area contributed by atoms with E-state index < -0.39 is 9.84 Å². The van der Waals surface area contributed by atoms with Crippen molar-refractivity contribution in [1.82, 2.24) is 10.1 Å². The first-order chi connectivity index (χ1) is 12.7. The zero-order valence-corrected chi connectivity index (χ0v) is 16.8. The maximum Gasteiger partial charge on any atom is 0.176 e. The van der Waals surface area contributed by atoms with Crippen LogP contribution in [-0.2, 0) is 9.84 Å². The average Bonchev–Trinajstić information content (AvgIpc) is 3.17. The van der Waals surface area contributed by atoms with Crippen LogP contribution in [-0.4, -0.2) is 43.2 Å². The van der Waals surface area contributed by atoms with Crippen LogP contribution < -0.4 is 4.90 Å². The summed E-state index contributed by atoms with van der Waals surface area (Å²) in [6.07, 6.45) is 0. The van der Waals surface area contributed by atoms with Crippen molar-refractivity contribution in [2.24, 2.45) is 0 Å². The van der Waals surface area contributed by atoms with Gasteiger partial charge in [0.2, 0.25) is 0 Å². The Morgan fingerprint density at radius 1 is 1.15 bits per heavy atom. The van der Waals surface area contributed by atoms with Crippen LogP contribution in [0.25, 0.3) is 22.2 Å². The largest absolute Gasteiger partial charge is 0.457 e. The monoisotopic (exact) mass is 389 g/mol. The van der Waals surface area contributed by atoms with Crippen molar-refractivity contribution in [3.05, 3.63) is 29.3 Å². The van der Waals surface area contributed by atoms with E-state index in [9.17, 15) is 8.42 Å². The molecule has 8 heteroatoms. The highest BCUT2D eigenvalue weighted by Gasteiger charge is 2.27. The quantitative estimate of drug-likeness (QED) is 0.677. The third kappa shape index (κ3) is 3.22. The topological polar surface area (TPSA) is 89.4 Å². The zero-order valence-electron chi connectivity index (χ0n) is 15.9. The van der Waals surface area contributed by atoms with Gasteiger partial charge in [0.15, 0.2) is 21.2 Å². The van der Waals surface area contributed by atoms with E-state index in [1.165, 1.54) is 0 Å². The number of rotatable bonds is 3. The summed E-state index contributed by atoms with van der Waals surface area (Å²) in [5, 5.41) is 4.99. The van der Waals surface area contributed by atoms with Crippen LogP contribution in [0, 0.1) is 13.8 Å². The molecule has 27 heavy (non-hydrogen) atoms. The van der Waals surface area contributed by atoms with Crippen LogP contribution in [0.4, 0.5) is 5.82 Å². The summed E-state index contributed by atoms with van der Waals surface area (Å²) in [6.45, 7) is 8.73. The van der Waals surface area contributed by atoms with Gasteiger partial charge in [-0.15, -0.1) is 0 Å². The van der Waals surface area contributed by atoms with Crippen LogP contribution >= 0.6 is 0 Å². The smallest absolute Gasteiger partial charge is 0.176 e. The molecule has 144 valence electrons. The molecular weight excluding hydrogens is 366 g/mol. The number of aryl methyl sites for hydroxylation is 2. The molecule has 0 spiro atoms. The van der Waals surface area contributed by atoms with Crippen molar-refractivity contribution in [2.75, 3.05) is 29.5 Å². The number of fused-ring (bicyclic) bond motifs is 1. The molecule has 1 fully saturated rings. The molecule has 7 nitrogen and oxygen atoms in total. The van der Waals surface area contributed by atoms with E-state index >= 15 is 0 Å². The highest BCUT2D eigenvalue weighted by atomic mass is 32.2. The van der Waals surface area contributed by atoms with E-state index in [4.69, 9.17) is 13.9 Å². The lowest BCUT2D eigenvalue weighted by atomic mass is 10.1. The number of aromatic nitrogens is 2. The van der Waals surface area contributed by atoms with Gasteiger partial charge in [-0.3, -0.25) is 0 Å². The molecule has 0 atom stereocenters. The Morgan fingerprint density at radius 3 is 2.44 bits per heavy atom. The Morgan fingerprint density at radius 2 is 1.85 bits per heavy atom. The van der Waals surface area contributed by atoms with Gasteiger partial charge in [0, 0.05) is 24.4 Å². The molecule has 0 amide bonds. The van der Waals surface area contributed by atoms with Gasteiger partial charge < -0.3 is 13.8 Å². The number of anilines is 1. The van der Waals surface area contributed by atoms with Crippen LogP contribution in [0.3, 0.4) is 0 Å². The van der Waals surface area contributed by atoms with Gasteiger partial charge in [-0.1, -0.05) is 19.0 Å². The summed E-state index contributed by atoms with van der Waals surface area (Å²) in [4.78, 5) is 6.85. The van der Waals surface area contributed by atoms with Crippen molar-refractivity contribution in [2.45, 2.75) is 33.6 Å². The molecule has 0 radical (unpaired) electrons. The van der Waals surface area contributed by atoms with Crippen LogP contribution in [0.5, 0.6) is 0 Å². The van der Waals surface area contributed by atoms with Gasteiger partial charge in [0.1, 0.15) is 11.5 Å². The fourth-order valence-corrected chi connectivity index (χ4v) is 4.65. The summed E-state index contributed by atoms with van der Waals surface area (Å²) in [7, 11) is -2.98. The lowest BCUT2D eigenvalue weighted by Gasteiger charge is -2.28. The molecule has 3 aromatic rings. The van der Waals surface area contributed by atoms with Crippen LogP contribution in [0.15, 0.2) is 21.1 Å². The highest BCUT2D eigenvalue weighted by Crippen LogP contribution is 2.36. The number of furan rings is 1. The maximum atomic E-state index is 11.8. The second kappa shape index (κ2) is 6.37. The molecule has 0 saturated carbocycles. The summed E-state index contributed by atoms with van der Waals surface area (Å²) in [5.41, 5.74) is 3.11. The Bertz CT molecular complexity index is 1080. The molecule has 0 aliphatic carbocycles. The molecule has 4 rings (SSSR count). The van der Waals surface area contributed by atoms with E-state index in [0.29, 0.717) is 30.3 Å². The molecule has 0 aromatic carbocycles. The van der Waals surface area contributed by atoms with Crippen LogP contribution in [0.2, 0.25) is 0 Å². The molecule has 1 saturated heterocycles. The summed E-state index contributed by atoms with van der Waals surface area (Å²) in [5.74, 6) is 2.78. The molecule has 0 bridgehead atoms. The van der Waals surface area contributed by atoms with Crippen molar-refractivity contribution in [3.8, 4) is 11.3 Å². The molecule has 3 aromatic heterocycles. The molecule has 1 aliphatic heterocycles. The van der Waals surface area contributed by atoms with E-state index in [0.717, 1.165) is 28.1 Å². The van der Waals surface area contributed by atoms with Crippen LogP contribution in [0.1, 0.15) is 37.0 Å². The van der Waals surface area contributed by atoms with Crippen molar-refractivity contribution < 1.29 is 17.4 Å². The minimum absolute atomic E-state index is 0.128. The molecule has 1 aliphatic rings. The van der Waals surface area contributed by atoms with Gasteiger partial charge in [0.05, 0.1) is 28.5 Å². The second-order valence-corrected chi connectivity index (χ2v) is 9.69. The third-order valence-electron chi connectivity index (χ3n) is 5.00. The maximum absolute atomic E-state index is 11.8. The van der Waals surface area contributed by atoms with E-state index in [1.807, 2.05) is 30.9 Å². The van der Waals surface area contributed by atoms with Gasteiger partial charge >= 0.3 is 0 Å². The molecule has 4 heterocycles. The number of hydrogen-bond donors (Lipinski definition) is 0. The third-order valence-corrected chi connectivity index (χ3v) is 6.61. The highest BCUT2D eigenvalue weighted by molar-refractivity contribution is 7.91. The minimum atomic E-state index is -2.98. The average molecular weight is 389 g/mol. The van der Waals surface area contributed by atoms with Crippen molar-refractivity contribution in [1.29, 1.82) is 0 Å². The Labute approximate surface area is 158 Å². The van der Waals surface area contributed by atoms with Gasteiger partial charge in [-0.05, 0) is 26.0 Å². The predicted octanol–water partition coefficient (Wildman–Crippen LogP) is 3.46. The number of hydrogen-bond acceptors (Lipinski definition) is 7. The van der Waals surface area contributed by atoms with Gasteiger partial charge in [0.25, 0.3) is 0 Å². The number of nitrogens with zero attached hydrogens (tertiary/aromatic N) is 3. The minimum Gasteiger partial charge on any atom is -0.457 e. The second-order valence-electron chi connectivity index (χ2n) is 7.39. The molecular formula is C19H23N3O4S.